The average Bonchev–Trinajstić information content (AvgIpc) is 2.58. The van der Waals surface area contributed by atoms with Crippen LogP contribution >= 0.6 is 0 Å². The Bertz CT molecular complexity index is 1150. The molecule has 0 saturated carbocycles. The third kappa shape index (κ3) is 5.73. The van der Waals surface area contributed by atoms with E-state index in [0.717, 1.165) is 37.8 Å². The van der Waals surface area contributed by atoms with Crippen LogP contribution in [-0.2, 0) is 24.8 Å². The second kappa shape index (κ2) is 8.65. The van der Waals surface area contributed by atoms with E-state index in [0.29, 0.717) is 17.1 Å². The van der Waals surface area contributed by atoms with Crippen molar-refractivity contribution in [2.75, 3.05) is 40.0 Å². The molecule has 2 aromatic carbocycles. The lowest BCUT2D eigenvalue weighted by Gasteiger charge is -2.26. The highest BCUT2D eigenvalue weighted by atomic mass is 32.2. The number of carbonyl (C=O) groups is 1. The average molecular weight is 454 g/mol. The van der Waals surface area contributed by atoms with Crippen molar-refractivity contribution in [1.82, 2.24) is 0 Å². The molecule has 10 heteroatoms. The summed E-state index contributed by atoms with van der Waals surface area (Å²) in [7, 11) is -5.77. The molecule has 0 bridgehead atoms. The Kier molecular flexibility index (Phi) is 6.83. The zero-order chi connectivity index (χ0) is 22.9. The fourth-order valence-corrected chi connectivity index (χ4v) is 4.70. The lowest BCUT2D eigenvalue weighted by atomic mass is 10.1. The number of benzene rings is 2. The summed E-state index contributed by atoms with van der Waals surface area (Å²) in [6.07, 6.45) is 2.13. The molecular formula is C20H27N3O5S2. The molecule has 0 saturated heterocycles. The number of rotatable bonds is 7. The van der Waals surface area contributed by atoms with Crippen LogP contribution in [0.3, 0.4) is 0 Å². The lowest BCUT2D eigenvalue weighted by Crippen LogP contribution is -2.38. The van der Waals surface area contributed by atoms with Crippen LogP contribution in [0.4, 0.5) is 17.1 Å². The van der Waals surface area contributed by atoms with Gasteiger partial charge in [-0.05, 0) is 50.1 Å². The van der Waals surface area contributed by atoms with Gasteiger partial charge in [0.15, 0.2) is 0 Å². The summed E-state index contributed by atoms with van der Waals surface area (Å²) < 4.78 is 50.5. The van der Waals surface area contributed by atoms with Gasteiger partial charge in [0.1, 0.15) is 6.54 Å². The topological polar surface area (TPSA) is 104 Å². The number of nitrogens with one attached hydrogen (secondary N) is 1. The Morgan fingerprint density at radius 3 is 2.00 bits per heavy atom. The van der Waals surface area contributed by atoms with Crippen molar-refractivity contribution in [3.8, 4) is 0 Å². The zero-order valence-corrected chi connectivity index (χ0v) is 19.6. The quantitative estimate of drug-likeness (QED) is 0.693. The second-order valence-corrected chi connectivity index (χ2v) is 11.3. The first-order valence-electron chi connectivity index (χ1n) is 9.09. The second-order valence-electron chi connectivity index (χ2n) is 7.35. The summed E-state index contributed by atoms with van der Waals surface area (Å²) in [4.78, 5) is 12.7. The normalized spacial score (nSPS) is 11.8. The van der Waals surface area contributed by atoms with Crippen molar-refractivity contribution >= 4 is 43.0 Å². The van der Waals surface area contributed by atoms with Crippen LogP contribution in [0.5, 0.6) is 0 Å². The molecule has 0 aliphatic heterocycles. The minimum absolute atomic E-state index is 0.360. The molecule has 30 heavy (non-hydrogen) atoms. The molecule has 2 aromatic rings. The van der Waals surface area contributed by atoms with Gasteiger partial charge in [-0.3, -0.25) is 13.4 Å². The number of carbonyl (C=O) groups excluding carboxylic acids is 1. The highest BCUT2D eigenvalue weighted by Gasteiger charge is 2.24. The maximum Gasteiger partial charge on any atom is 0.245 e. The summed E-state index contributed by atoms with van der Waals surface area (Å²) in [5.74, 6) is -0.543. The highest BCUT2D eigenvalue weighted by Crippen LogP contribution is 2.28. The van der Waals surface area contributed by atoms with E-state index in [9.17, 15) is 21.6 Å². The minimum atomic E-state index is -3.72. The van der Waals surface area contributed by atoms with Gasteiger partial charge in [0, 0.05) is 12.7 Å². The van der Waals surface area contributed by atoms with Crippen LogP contribution in [-0.4, -0.2) is 48.8 Å². The first-order valence-corrected chi connectivity index (χ1v) is 12.8. The Balaban J connectivity index is 2.31. The van der Waals surface area contributed by atoms with E-state index in [-0.39, 0.29) is 0 Å². The fourth-order valence-electron chi connectivity index (χ4n) is 3.23. The number of sulfonamides is 2. The van der Waals surface area contributed by atoms with Gasteiger partial charge in [-0.15, -0.1) is 0 Å². The van der Waals surface area contributed by atoms with Crippen LogP contribution in [0, 0.1) is 20.8 Å². The van der Waals surface area contributed by atoms with Gasteiger partial charge in [-0.2, -0.15) is 0 Å². The first-order chi connectivity index (χ1) is 13.7. The number of hydrogen-bond donors (Lipinski definition) is 1. The van der Waals surface area contributed by atoms with Crippen molar-refractivity contribution in [1.29, 1.82) is 0 Å². The maximum absolute atomic E-state index is 12.7. The van der Waals surface area contributed by atoms with Gasteiger partial charge in [-0.25, -0.2) is 16.8 Å². The van der Waals surface area contributed by atoms with E-state index in [1.165, 1.54) is 13.1 Å². The van der Waals surface area contributed by atoms with E-state index in [1.807, 2.05) is 19.1 Å². The molecule has 0 atom stereocenters. The molecule has 0 unspecified atom stereocenters. The molecule has 0 spiro atoms. The summed E-state index contributed by atoms with van der Waals surface area (Å²) in [5.41, 5.74) is 3.71. The first kappa shape index (κ1) is 23.7. The third-order valence-electron chi connectivity index (χ3n) is 4.56. The van der Waals surface area contributed by atoms with Crippen molar-refractivity contribution in [3.05, 3.63) is 53.1 Å². The van der Waals surface area contributed by atoms with Crippen molar-refractivity contribution in [2.45, 2.75) is 20.8 Å². The molecule has 0 fully saturated rings. The molecule has 1 N–H and O–H groups in total. The van der Waals surface area contributed by atoms with Crippen LogP contribution in [0.15, 0.2) is 36.4 Å². The number of anilines is 3. The number of hydrogen-bond acceptors (Lipinski definition) is 5. The number of amides is 1. The largest absolute Gasteiger partial charge is 0.324 e. The molecule has 0 aromatic heterocycles. The van der Waals surface area contributed by atoms with Crippen LogP contribution in [0.2, 0.25) is 0 Å². The summed E-state index contributed by atoms with van der Waals surface area (Å²) >= 11 is 0. The molecule has 2 rings (SSSR count). The number of aryl methyl sites for hydroxylation is 3. The smallest absolute Gasteiger partial charge is 0.245 e. The number of nitrogens with zero attached hydrogens (tertiary/aromatic N) is 2. The Hall–Kier alpha value is -2.59. The summed E-state index contributed by atoms with van der Waals surface area (Å²) in [6.45, 7) is 5.11. The van der Waals surface area contributed by atoms with E-state index < -0.39 is 32.5 Å². The zero-order valence-electron chi connectivity index (χ0n) is 17.9. The van der Waals surface area contributed by atoms with Crippen LogP contribution in [0.1, 0.15) is 16.7 Å². The monoisotopic (exact) mass is 453 g/mol. The van der Waals surface area contributed by atoms with Gasteiger partial charge in [0.2, 0.25) is 26.0 Å². The van der Waals surface area contributed by atoms with Gasteiger partial charge in [-0.1, -0.05) is 23.8 Å². The summed E-state index contributed by atoms with van der Waals surface area (Å²) in [5, 5.41) is 2.64. The molecule has 164 valence electrons. The van der Waals surface area contributed by atoms with Gasteiger partial charge < -0.3 is 5.32 Å². The molecular weight excluding hydrogens is 426 g/mol. The molecule has 0 heterocycles. The lowest BCUT2D eigenvalue weighted by molar-refractivity contribution is -0.114. The van der Waals surface area contributed by atoms with E-state index in [2.05, 4.69) is 5.32 Å². The molecule has 0 radical (unpaired) electrons. The minimum Gasteiger partial charge on any atom is -0.324 e. The molecule has 1 amide bonds. The Labute approximate surface area is 178 Å². The van der Waals surface area contributed by atoms with Gasteiger partial charge in [0.25, 0.3) is 0 Å². The van der Waals surface area contributed by atoms with Crippen LogP contribution < -0.4 is 13.9 Å². The predicted octanol–water partition coefficient (Wildman–Crippen LogP) is 2.41. The maximum atomic E-state index is 12.7. The van der Waals surface area contributed by atoms with E-state index >= 15 is 0 Å². The van der Waals surface area contributed by atoms with Crippen molar-refractivity contribution in [3.63, 3.8) is 0 Å². The third-order valence-corrected chi connectivity index (χ3v) is 6.88. The highest BCUT2D eigenvalue weighted by molar-refractivity contribution is 7.92. The van der Waals surface area contributed by atoms with Crippen LogP contribution in [0.25, 0.3) is 0 Å². The van der Waals surface area contributed by atoms with Gasteiger partial charge in [0.05, 0.1) is 23.9 Å². The van der Waals surface area contributed by atoms with Crippen molar-refractivity contribution in [2.24, 2.45) is 0 Å². The van der Waals surface area contributed by atoms with Crippen molar-refractivity contribution < 1.29 is 21.6 Å². The predicted molar refractivity (Wildman–Crippen MR) is 121 cm³/mol. The van der Waals surface area contributed by atoms with Gasteiger partial charge >= 0.3 is 0 Å². The summed E-state index contributed by atoms with van der Waals surface area (Å²) in [6, 6.07) is 10.0. The Morgan fingerprint density at radius 1 is 0.933 bits per heavy atom. The molecule has 8 nitrogen and oxygen atoms in total. The fraction of sp³-hybridized carbons (Fsp3) is 0.350. The SMILES string of the molecule is Cc1cc(C)c(N(CC(=O)Nc2cccc(N(C)S(C)(=O)=O)c2)S(C)(=O)=O)c(C)c1. The van der Waals surface area contributed by atoms with E-state index in [1.54, 1.807) is 32.0 Å². The Morgan fingerprint density at radius 2 is 1.50 bits per heavy atom. The molecule has 0 aliphatic rings. The standard InChI is InChI=1S/C20H27N3O5S2/c1-14-10-15(2)20(16(3)11-14)23(30(6,27)28)13-19(24)21-17-8-7-9-18(12-17)22(4)29(5,25)26/h7-12H,13H2,1-6H3,(H,21,24). The van der Waals surface area contributed by atoms with E-state index in [4.69, 9.17) is 0 Å². The molecule has 0 aliphatic carbocycles.